The Balaban J connectivity index is 1.43. The van der Waals surface area contributed by atoms with Crippen LogP contribution in [0.1, 0.15) is 41.6 Å². The summed E-state index contributed by atoms with van der Waals surface area (Å²) in [5, 5.41) is 13.5. The fourth-order valence-electron chi connectivity index (χ4n) is 3.40. The molecule has 7 nitrogen and oxygen atoms in total. The van der Waals surface area contributed by atoms with Crippen LogP contribution in [0, 0.1) is 0 Å². The van der Waals surface area contributed by atoms with Gasteiger partial charge in [0.15, 0.2) is 0 Å². The van der Waals surface area contributed by atoms with Gasteiger partial charge in [0.2, 0.25) is 5.91 Å². The van der Waals surface area contributed by atoms with Gasteiger partial charge in [-0.1, -0.05) is 51.1 Å². The van der Waals surface area contributed by atoms with Crippen molar-refractivity contribution in [2.24, 2.45) is 0 Å². The van der Waals surface area contributed by atoms with Crippen molar-refractivity contribution >= 4 is 44.9 Å². The highest BCUT2D eigenvalue weighted by molar-refractivity contribution is 7.20. The molecule has 2 aromatic heterocycles. The first-order valence-corrected chi connectivity index (χ1v) is 11.4. The molecule has 0 aliphatic carbocycles. The summed E-state index contributed by atoms with van der Waals surface area (Å²) in [7, 11) is 1.58. The lowest BCUT2D eigenvalue weighted by molar-refractivity contribution is -0.115. The van der Waals surface area contributed by atoms with Crippen molar-refractivity contribution in [2.75, 3.05) is 17.7 Å². The monoisotopic (exact) mass is 462 g/mol. The minimum atomic E-state index is -0.248. The van der Waals surface area contributed by atoms with E-state index in [9.17, 15) is 9.59 Å². The molecule has 0 fully saturated rings. The third-order valence-electron chi connectivity index (χ3n) is 5.25. The van der Waals surface area contributed by atoms with Crippen LogP contribution in [0.5, 0.6) is 5.75 Å². The Labute approximate surface area is 196 Å². The number of carbonyl (C=O) groups is 2. The van der Waals surface area contributed by atoms with Crippen LogP contribution >= 0.6 is 11.3 Å². The number of nitrogens with one attached hydrogen (secondary N) is 3. The van der Waals surface area contributed by atoms with Crippen molar-refractivity contribution in [1.29, 1.82) is 0 Å². The maximum Gasteiger partial charge on any atom is 0.265 e. The molecular weight excluding hydrogens is 436 g/mol. The average molecular weight is 463 g/mol. The molecule has 0 atom stereocenters. The van der Waals surface area contributed by atoms with E-state index in [2.05, 4.69) is 53.7 Å². The Hall–Kier alpha value is -3.65. The maximum atomic E-state index is 12.7. The number of H-pyrrole nitrogens is 1. The molecule has 0 aliphatic rings. The zero-order chi connectivity index (χ0) is 23.6. The second-order valence-corrected chi connectivity index (χ2v) is 9.82. The topological polar surface area (TPSA) is 96.1 Å². The third kappa shape index (κ3) is 5.23. The predicted molar refractivity (Wildman–Crippen MR) is 132 cm³/mol. The fourth-order valence-corrected chi connectivity index (χ4v) is 4.29. The van der Waals surface area contributed by atoms with Gasteiger partial charge in [0.25, 0.3) is 5.91 Å². The molecular formula is C25H26N4O3S. The normalized spacial score (nSPS) is 11.4. The second-order valence-electron chi connectivity index (χ2n) is 8.79. The zero-order valence-corrected chi connectivity index (χ0v) is 19.8. The van der Waals surface area contributed by atoms with Crippen LogP contribution in [-0.4, -0.2) is 29.1 Å². The van der Waals surface area contributed by atoms with E-state index >= 15 is 0 Å². The number of carbonyl (C=O) groups excluding carboxylic acids is 2. The smallest absolute Gasteiger partial charge is 0.265 e. The third-order valence-corrected chi connectivity index (χ3v) is 6.28. The zero-order valence-electron chi connectivity index (χ0n) is 19.0. The highest BCUT2D eigenvalue weighted by Gasteiger charge is 2.17. The van der Waals surface area contributed by atoms with Gasteiger partial charge >= 0.3 is 0 Å². The number of nitrogens with zero attached hydrogens (tertiary/aromatic N) is 1. The van der Waals surface area contributed by atoms with Crippen molar-refractivity contribution in [1.82, 2.24) is 10.2 Å². The highest BCUT2D eigenvalue weighted by atomic mass is 32.1. The molecule has 0 spiro atoms. The SMILES string of the molecule is COc1cccc(NC(=O)c2cc3c(NC(=O)Cc4ccc(C(C)(C)C)cc4)[nH]nc3s2)c1. The Morgan fingerprint density at radius 3 is 2.52 bits per heavy atom. The molecule has 0 radical (unpaired) electrons. The lowest BCUT2D eigenvalue weighted by Gasteiger charge is -2.19. The van der Waals surface area contributed by atoms with E-state index in [1.54, 1.807) is 31.4 Å². The van der Waals surface area contributed by atoms with E-state index in [4.69, 9.17) is 4.74 Å². The Bertz CT molecular complexity index is 1300. The molecule has 0 saturated carbocycles. The van der Waals surface area contributed by atoms with E-state index in [0.717, 1.165) is 5.56 Å². The predicted octanol–water partition coefficient (Wildman–Crippen LogP) is 5.36. The fraction of sp³-hybridized carbons (Fsp3) is 0.240. The molecule has 8 heteroatoms. The number of methoxy groups -OCH3 is 1. The van der Waals surface area contributed by atoms with E-state index in [1.165, 1.54) is 16.9 Å². The summed E-state index contributed by atoms with van der Waals surface area (Å²) in [5.74, 6) is 0.741. The van der Waals surface area contributed by atoms with Gasteiger partial charge in [-0.15, -0.1) is 11.3 Å². The van der Waals surface area contributed by atoms with Crippen LogP contribution in [-0.2, 0) is 16.6 Å². The maximum absolute atomic E-state index is 12.7. The van der Waals surface area contributed by atoms with Gasteiger partial charge in [-0.05, 0) is 34.7 Å². The summed E-state index contributed by atoms with van der Waals surface area (Å²) in [6.45, 7) is 6.47. The number of rotatable bonds is 6. The highest BCUT2D eigenvalue weighted by Crippen LogP contribution is 2.30. The minimum Gasteiger partial charge on any atom is -0.497 e. The molecule has 170 valence electrons. The second kappa shape index (κ2) is 9.07. The number of hydrogen-bond acceptors (Lipinski definition) is 5. The van der Waals surface area contributed by atoms with Crippen LogP contribution < -0.4 is 15.4 Å². The number of anilines is 2. The van der Waals surface area contributed by atoms with Crippen molar-refractivity contribution in [3.05, 3.63) is 70.6 Å². The van der Waals surface area contributed by atoms with Crippen molar-refractivity contribution in [2.45, 2.75) is 32.6 Å². The van der Waals surface area contributed by atoms with Crippen molar-refractivity contribution < 1.29 is 14.3 Å². The van der Waals surface area contributed by atoms with Gasteiger partial charge in [-0.3, -0.25) is 14.7 Å². The molecule has 33 heavy (non-hydrogen) atoms. The number of aromatic nitrogens is 2. The molecule has 3 N–H and O–H groups in total. The number of ether oxygens (including phenoxy) is 1. The molecule has 2 amide bonds. The Morgan fingerprint density at radius 2 is 1.82 bits per heavy atom. The van der Waals surface area contributed by atoms with E-state index in [1.807, 2.05) is 18.2 Å². The quantitative estimate of drug-likeness (QED) is 0.359. The van der Waals surface area contributed by atoms with E-state index < -0.39 is 0 Å². The number of hydrogen-bond donors (Lipinski definition) is 3. The summed E-state index contributed by atoms with van der Waals surface area (Å²) in [5.41, 5.74) is 2.86. The average Bonchev–Trinajstić information content (AvgIpc) is 3.36. The van der Waals surface area contributed by atoms with Crippen LogP contribution in [0.2, 0.25) is 0 Å². The Kier molecular flexibility index (Phi) is 6.20. The minimum absolute atomic E-state index is 0.0673. The van der Waals surface area contributed by atoms with Gasteiger partial charge in [0.1, 0.15) is 16.4 Å². The van der Waals surface area contributed by atoms with Gasteiger partial charge in [-0.25, -0.2) is 0 Å². The Morgan fingerprint density at radius 1 is 1.06 bits per heavy atom. The molecule has 0 unspecified atom stereocenters. The van der Waals surface area contributed by atoms with E-state index in [-0.39, 0.29) is 23.7 Å². The first kappa shape index (κ1) is 22.5. The van der Waals surface area contributed by atoms with Gasteiger partial charge in [0, 0.05) is 11.8 Å². The summed E-state index contributed by atoms with van der Waals surface area (Å²) in [6.07, 6.45) is 0.248. The van der Waals surface area contributed by atoms with Gasteiger partial charge in [-0.2, -0.15) is 5.10 Å². The number of benzene rings is 2. The lowest BCUT2D eigenvalue weighted by atomic mass is 9.86. The van der Waals surface area contributed by atoms with Crippen LogP contribution in [0.25, 0.3) is 10.2 Å². The summed E-state index contributed by atoms with van der Waals surface area (Å²) in [4.78, 5) is 26.4. The van der Waals surface area contributed by atoms with Crippen molar-refractivity contribution in [3.63, 3.8) is 0 Å². The molecule has 0 saturated heterocycles. The van der Waals surface area contributed by atoms with Crippen LogP contribution in [0.3, 0.4) is 0 Å². The summed E-state index contributed by atoms with van der Waals surface area (Å²) >= 11 is 1.25. The summed E-state index contributed by atoms with van der Waals surface area (Å²) in [6, 6.07) is 17.0. The molecule has 0 bridgehead atoms. The number of thiophene rings is 1. The molecule has 2 aromatic carbocycles. The van der Waals surface area contributed by atoms with E-state index in [0.29, 0.717) is 32.3 Å². The first-order chi connectivity index (χ1) is 15.7. The lowest BCUT2D eigenvalue weighted by Crippen LogP contribution is -2.15. The van der Waals surface area contributed by atoms with Gasteiger partial charge in [0.05, 0.1) is 23.8 Å². The molecule has 2 heterocycles. The molecule has 4 aromatic rings. The molecule has 4 rings (SSSR count). The van der Waals surface area contributed by atoms with Crippen molar-refractivity contribution in [3.8, 4) is 5.75 Å². The largest absolute Gasteiger partial charge is 0.497 e. The molecule has 0 aliphatic heterocycles. The first-order valence-electron chi connectivity index (χ1n) is 10.6. The number of aromatic amines is 1. The number of fused-ring (bicyclic) bond motifs is 1. The summed E-state index contributed by atoms with van der Waals surface area (Å²) < 4.78 is 5.19. The van der Waals surface area contributed by atoms with Gasteiger partial charge < -0.3 is 15.4 Å². The standard InChI is InChI=1S/C25H26N4O3S/c1-25(2,3)16-10-8-15(9-11-16)12-21(30)27-22-19-14-20(33-24(19)29-28-22)23(31)26-17-6-5-7-18(13-17)32-4/h5-11,13-14H,12H2,1-4H3,(H,26,31)(H2,27,28,29,30). The van der Waals surface area contributed by atoms with Crippen LogP contribution in [0.15, 0.2) is 54.6 Å². The number of amides is 2. The van der Waals surface area contributed by atoms with Crippen LogP contribution in [0.4, 0.5) is 11.5 Å².